The van der Waals surface area contributed by atoms with Crippen LogP contribution in [0.4, 0.5) is 5.69 Å². The molecule has 0 aromatic carbocycles. The summed E-state index contributed by atoms with van der Waals surface area (Å²) in [6, 6.07) is 1.80. The highest BCUT2D eigenvalue weighted by molar-refractivity contribution is 7.84. The van der Waals surface area contributed by atoms with Crippen molar-refractivity contribution < 1.29 is 9.00 Å². The highest BCUT2D eigenvalue weighted by atomic mass is 32.2. The van der Waals surface area contributed by atoms with Gasteiger partial charge in [-0.05, 0) is 18.9 Å². The minimum Gasteiger partial charge on any atom is -0.384 e. The highest BCUT2D eigenvalue weighted by Gasteiger charge is 2.10. The van der Waals surface area contributed by atoms with Gasteiger partial charge in [-0.25, -0.2) is 0 Å². The lowest BCUT2D eigenvalue weighted by Crippen LogP contribution is -2.26. The van der Waals surface area contributed by atoms with E-state index in [1.165, 1.54) is 0 Å². The summed E-state index contributed by atoms with van der Waals surface area (Å²) < 4.78 is 10.9. The summed E-state index contributed by atoms with van der Waals surface area (Å²) in [4.78, 5) is 16.0. The quantitative estimate of drug-likeness (QED) is 0.708. The van der Waals surface area contributed by atoms with Crippen LogP contribution in [0.15, 0.2) is 18.5 Å². The van der Waals surface area contributed by atoms with E-state index in [2.05, 4.69) is 22.5 Å². The molecule has 1 unspecified atom stereocenters. The Morgan fingerprint density at radius 1 is 1.42 bits per heavy atom. The first-order valence-electron chi connectivity index (χ1n) is 6.41. The molecule has 1 heterocycles. The second-order valence-corrected chi connectivity index (χ2v) is 5.79. The molecule has 0 saturated carbocycles. The lowest BCUT2D eigenvalue weighted by Gasteiger charge is -2.10. The van der Waals surface area contributed by atoms with Crippen molar-refractivity contribution in [2.75, 3.05) is 30.4 Å². The van der Waals surface area contributed by atoms with Crippen LogP contribution >= 0.6 is 0 Å². The van der Waals surface area contributed by atoms with Crippen molar-refractivity contribution in [2.45, 2.75) is 19.8 Å². The second-order valence-electron chi connectivity index (χ2n) is 4.23. The fraction of sp³-hybridized carbons (Fsp3) is 0.538. The molecule has 19 heavy (non-hydrogen) atoms. The van der Waals surface area contributed by atoms with Crippen molar-refractivity contribution in [3.05, 3.63) is 24.0 Å². The van der Waals surface area contributed by atoms with Gasteiger partial charge in [0.1, 0.15) is 0 Å². The van der Waals surface area contributed by atoms with Crippen molar-refractivity contribution in [3.8, 4) is 0 Å². The van der Waals surface area contributed by atoms with Gasteiger partial charge in [0.15, 0.2) is 0 Å². The van der Waals surface area contributed by atoms with Crippen LogP contribution in [-0.4, -0.2) is 40.2 Å². The van der Waals surface area contributed by atoms with Gasteiger partial charge in [-0.2, -0.15) is 0 Å². The molecule has 1 atom stereocenters. The fourth-order valence-electron chi connectivity index (χ4n) is 1.56. The third-order valence-electron chi connectivity index (χ3n) is 2.53. The Balaban J connectivity index is 2.53. The lowest BCUT2D eigenvalue weighted by molar-refractivity contribution is 0.0954. The van der Waals surface area contributed by atoms with Gasteiger partial charge in [0.25, 0.3) is 5.91 Å². The molecule has 5 nitrogen and oxygen atoms in total. The number of pyridine rings is 1. The zero-order chi connectivity index (χ0) is 14.1. The van der Waals surface area contributed by atoms with Gasteiger partial charge >= 0.3 is 0 Å². The number of hydrogen-bond acceptors (Lipinski definition) is 4. The number of carbonyl (C=O) groups is 1. The summed E-state index contributed by atoms with van der Waals surface area (Å²) in [5.41, 5.74) is 1.35. The number of nitrogens with one attached hydrogen (secondary N) is 2. The van der Waals surface area contributed by atoms with Crippen molar-refractivity contribution in [1.82, 2.24) is 10.3 Å². The minimum atomic E-state index is -0.809. The summed E-state index contributed by atoms with van der Waals surface area (Å²) in [5, 5.41) is 6.02. The summed E-state index contributed by atoms with van der Waals surface area (Å²) in [6.45, 7) is 3.42. The molecule has 106 valence electrons. The molecular weight excluding hydrogens is 262 g/mol. The van der Waals surface area contributed by atoms with Crippen molar-refractivity contribution in [2.24, 2.45) is 0 Å². The van der Waals surface area contributed by atoms with Crippen molar-refractivity contribution in [1.29, 1.82) is 0 Å². The van der Waals surface area contributed by atoms with E-state index in [0.717, 1.165) is 18.7 Å². The first-order valence-corrected chi connectivity index (χ1v) is 8.14. The van der Waals surface area contributed by atoms with Crippen LogP contribution in [0.25, 0.3) is 0 Å². The van der Waals surface area contributed by atoms with E-state index >= 15 is 0 Å². The molecule has 2 N–H and O–H groups in total. The van der Waals surface area contributed by atoms with Gasteiger partial charge in [-0.1, -0.05) is 6.92 Å². The molecule has 1 amide bonds. The van der Waals surface area contributed by atoms with Gasteiger partial charge in [-0.3, -0.25) is 14.0 Å². The summed E-state index contributed by atoms with van der Waals surface area (Å²) in [6.07, 6.45) is 6.59. The number of hydrogen-bond donors (Lipinski definition) is 2. The van der Waals surface area contributed by atoms with Crippen LogP contribution in [0.5, 0.6) is 0 Å². The zero-order valence-corrected chi connectivity index (χ0v) is 12.3. The number of rotatable bonds is 8. The van der Waals surface area contributed by atoms with Gasteiger partial charge in [0, 0.05) is 48.3 Å². The normalized spacial score (nSPS) is 11.9. The Labute approximate surface area is 116 Å². The minimum absolute atomic E-state index is 0.145. The van der Waals surface area contributed by atoms with Crippen LogP contribution in [-0.2, 0) is 10.8 Å². The third kappa shape index (κ3) is 5.83. The number of aromatic nitrogens is 1. The van der Waals surface area contributed by atoms with E-state index in [4.69, 9.17) is 0 Å². The average molecular weight is 283 g/mol. The summed E-state index contributed by atoms with van der Waals surface area (Å²) in [5.74, 6) is 0.461. The molecule has 0 radical (unpaired) electrons. The Morgan fingerprint density at radius 3 is 2.89 bits per heavy atom. The third-order valence-corrected chi connectivity index (χ3v) is 3.39. The smallest absolute Gasteiger partial charge is 0.254 e. The van der Waals surface area contributed by atoms with Crippen LogP contribution < -0.4 is 10.6 Å². The van der Waals surface area contributed by atoms with Gasteiger partial charge in [-0.15, -0.1) is 0 Å². The maximum Gasteiger partial charge on any atom is 0.254 e. The van der Waals surface area contributed by atoms with Crippen molar-refractivity contribution >= 4 is 22.4 Å². The van der Waals surface area contributed by atoms with E-state index in [1.54, 1.807) is 24.7 Å². The molecule has 0 spiro atoms. The molecule has 0 saturated heterocycles. The summed E-state index contributed by atoms with van der Waals surface area (Å²) >= 11 is 0. The zero-order valence-electron chi connectivity index (χ0n) is 11.4. The van der Waals surface area contributed by atoms with E-state index in [1.807, 2.05) is 0 Å². The van der Waals surface area contributed by atoms with Crippen LogP contribution in [0, 0.1) is 0 Å². The molecule has 1 rings (SSSR count). The number of amides is 1. The molecule has 0 bridgehead atoms. The van der Waals surface area contributed by atoms with Gasteiger partial charge in [0.05, 0.1) is 11.3 Å². The molecular formula is C13H21N3O2S. The Kier molecular flexibility index (Phi) is 7.10. The highest BCUT2D eigenvalue weighted by Crippen LogP contribution is 2.13. The van der Waals surface area contributed by atoms with Crippen LogP contribution in [0.1, 0.15) is 30.1 Å². The topological polar surface area (TPSA) is 71.1 Å². The Hall–Kier alpha value is -1.43. The Morgan fingerprint density at radius 2 is 2.21 bits per heavy atom. The number of nitrogens with zero attached hydrogens (tertiary/aromatic N) is 1. The average Bonchev–Trinajstić information content (AvgIpc) is 2.41. The van der Waals surface area contributed by atoms with E-state index < -0.39 is 10.8 Å². The Bertz CT molecular complexity index is 438. The first-order chi connectivity index (χ1) is 9.15. The van der Waals surface area contributed by atoms with Gasteiger partial charge < -0.3 is 10.6 Å². The first kappa shape index (κ1) is 15.6. The number of anilines is 1. The maximum atomic E-state index is 12.0. The molecule has 1 aromatic heterocycles. The predicted molar refractivity (Wildman–Crippen MR) is 78.9 cm³/mol. The van der Waals surface area contributed by atoms with Crippen LogP contribution in [0.2, 0.25) is 0 Å². The monoisotopic (exact) mass is 283 g/mol. The second kappa shape index (κ2) is 8.63. The predicted octanol–water partition coefficient (Wildman–Crippen LogP) is 1.40. The molecule has 0 aliphatic heterocycles. The lowest BCUT2D eigenvalue weighted by atomic mass is 10.2. The molecule has 0 fully saturated rings. The molecule has 1 aromatic rings. The van der Waals surface area contributed by atoms with Gasteiger partial charge in [0.2, 0.25) is 0 Å². The summed E-state index contributed by atoms with van der Waals surface area (Å²) in [7, 11) is -0.809. The standard InChI is InChI=1S/C13H21N3O2S/c1-3-6-15-12-5-8-14-10-11(12)13(17)16-7-4-9-19(2)18/h5,8,10H,3-4,6-7,9H2,1-2H3,(H,14,15)(H,16,17). The largest absolute Gasteiger partial charge is 0.384 e. The van der Waals surface area contributed by atoms with E-state index in [-0.39, 0.29) is 5.91 Å². The van der Waals surface area contributed by atoms with Crippen LogP contribution in [0.3, 0.4) is 0 Å². The molecule has 6 heteroatoms. The SMILES string of the molecule is CCCNc1ccncc1C(=O)NCCCS(C)=O. The molecule has 0 aliphatic carbocycles. The molecule has 0 aliphatic rings. The number of carbonyl (C=O) groups excluding carboxylic acids is 1. The van der Waals surface area contributed by atoms with E-state index in [0.29, 0.717) is 24.3 Å². The maximum absolute atomic E-state index is 12.0. The van der Waals surface area contributed by atoms with E-state index in [9.17, 15) is 9.00 Å². The van der Waals surface area contributed by atoms with Crippen molar-refractivity contribution in [3.63, 3.8) is 0 Å². The fourth-order valence-corrected chi connectivity index (χ4v) is 2.11.